The molecule has 0 aromatic carbocycles. The molecule has 2 rings (SSSR count). The van der Waals surface area contributed by atoms with E-state index >= 15 is 0 Å². The van der Waals surface area contributed by atoms with Crippen LogP contribution < -0.4 is 5.73 Å². The minimum Gasteiger partial charge on any atom is -0.409 e. The zero-order chi connectivity index (χ0) is 13.9. The predicted molar refractivity (Wildman–Crippen MR) is 67.5 cm³/mol. The molecule has 110 valence electrons. The third-order valence-electron chi connectivity index (χ3n) is 3.42. The lowest BCUT2D eigenvalue weighted by atomic mass is 10.2. The first-order valence-electron chi connectivity index (χ1n) is 6.21. The van der Waals surface area contributed by atoms with Gasteiger partial charge in [0.1, 0.15) is 6.10 Å². The Labute approximate surface area is 112 Å². The van der Waals surface area contributed by atoms with Gasteiger partial charge in [-0.3, -0.25) is 0 Å². The third-order valence-corrected chi connectivity index (χ3v) is 5.79. The zero-order valence-electron chi connectivity index (χ0n) is 10.6. The molecule has 2 aliphatic heterocycles. The topological polar surface area (TPSA) is 114 Å². The number of nitrogens with two attached hydrogens (primary N) is 1. The number of hydrogen-bond donors (Lipinski definition) is 2. The number of oxime groups is 1. The molecular formula is C10H19N3O5S. The summed E-state index contributed by atoms with van der Waals surface area (Å²) in [5, 5.41) is 11.1. The van der Waals surface area contributed by atoms with Crippen molar-refractivity contribution < 1.29 is 23.1 Å². The van der Waals surface area contributed by atoms with Gasteiger partial charge >= 0.3 is 0 Å². The molecule has 0 spiro atoms. The Bertz CT molecular complexity index is 432. The van der Waals surface area contributed by atoms with Crippen LogP contribution in [-0.2, 0) is 19.5 Å². The van der Waals surface area contributed by atoms with Gasteiger partial charge in [-0.15, -0.1) is 0 Å². The van der Waals surface area contributed by atoms with Crippen molar-refractivity contribution in [3.8, 4) is 0 Å². The second kappa shape index (κ2) is 6.04. The molecule has 1 atom stereocenters. The Morgan fingerprint density at radius 3 is 2.63 bits per heavy atom. The maximum atomic E-state index is 12.5. The average molecular weight is 293 g/mol. The number of sulfonamides is 1. The molecule has 0 saturated carbocycles. The summed E-state index contributed by atoms with van der Waals surface area (Å²) in [6.45, 7) is 1.57. The van der Waals surface area contributed by atoms with Gasteiger partial charge in [-0.25, -0.2) is 8.42 Å². The molecule has 2 heterocycles. The highest BCUT2D eigenvalue weighted by atomic mass is 32.2. The number of rotatable bonds is 3. The smallest absolute Gasteiger partial charge is 0.217 e. The van der Waals surface area contributed by atoms with Gasteiger partial charge in [0.2, 0.25) is 10.0 Å². The summed E-state index contributed by atoms with van der Waals surface area (Å²) in [5.74, 6) is -0.105. The van der Waals surface area contributed by atoms with E-state index in [2.05, 4.69) is 5.16 Å². The molecule has 0 aromatic rings. The second-order valence-electron chi connectivity index (χ2n) is 4.60. The first kappa shape index (κ1) is 14.5. The minimum absolute atomic E-state index is 0.0928. The molecule has 19 heavy (non-hydrogen) atoms. The van der Waals surface area contributed by atoms with E-state index in [1.54, 1.807) is 0 Å². The van der Waals surface area contributed by atoms with Crippen LogP contribution >= 0.6 is 0 Å². The molecule has 1 unspecified atom stereocenters. The minimum atomic E-state index is -3.38. The summed E-state index contributed by atoms with van der Waals surface area (Å²) in [4.78, 5) is 0. The second-order valence-corrected chi connectivity index (χ2v) is 6.81. The number of nitrogens with zero attached hydrogens (tertiary/aromatic N) is 2. The van der Waals surface area contributed by atoms with E-state index in [-0.39, 0.29) is 19.0 Å². The first-order chi connectivity index (χ1) is 9.05. The fraction of sp³-hybridized carbons (Fsp3) is 0.900. The van der Waals surface area contributed by atoms with Gasteiger partial charge in [0, 0.05) is 26.3 Å². The van der Waals surface area contributed by atoms with Crippen LogP contribution in [0.3, 0.4) is 0 Å². The molecule has 2 saturated heterocycles. The predicted octanol–water partition coefficient (Wildman–Crippen LogP) is -1.06. The van der Waals surface area contributed by atoms with Gasteiger partial charge in [0.25, 0.3) is 0 Å². The Morgan fingerprint density at radius 1 is 1.32 bits per heavy atom. The van der Waals surface area contributed by atoms with Crippen LogP contribution in [-0.4, -0.2) is 68.0 Å². The van der Waals surface area contributed by atoms with Crippen LogP contribution in [0.1, 0.15) is 12.8 Å². The molecule has 0 radical (unpaired) electrons. The number of hydrogen-bond acceptors (Lipinski definition) is 6. The Kier molecular flexibility index (Phi) is 4.61. The van der Waals surface area contributed by atoms with E-state index < -0.39 is 21.4 Å². The summed E-state index contributed by atoms with van der Waals surface area (Å²) in [6.07, 6.45) is 0.329. The SMILES string of the molecule is NC(=NO)C1CN(S(=O)(=O)C2CCOCC2)CCO1. The molecule has 9 heteroatoms. The van der Waals surface area contributed by atoms with Gasteiger partial charge in [-0.2, -0.15) is 4.31 Å². The van der Waals surface area contributed by atoms with E-state index in [9.17, 15) is 8.42 Å². The van der Waals surface area contributed by atoms with E-state index in [1.165, 1.54) is 4.31 Å². The molecule has 8 nitrogen and oxygen atoms in total. The largest absolute Gasteiger partial charge is 0.409 e. The fourth-order valence-electron chi connectivity index (χ4n) is 2.28. The van der Waals surface area contributed by atoms with Crippen LogP contribution in [0.2, 0.25) is 0 Å². The van der Waals surface area contributed by atoms with Crippen molar-refractivity contribution >= 4 is 15.9 Å². The Balaban J connectivity index is 2.07. The van der Waals surface area contributed by atoms with Crippen LogP contribution in [0.5, 0.6) is 0 Å². The highest BCUT2D eigenvalue weighted by Gasteiger charge is 2.37. The summed E-state index contributed by atoms with van der Waals surface area (Å²) in [5.41, 5.74) is 5.47. The lowest BCUT2D eigenvalue weighted by Gasteiger charge is -2.34. The van der Waals surface area contributed by atoms with Crippen molar-refractivity contribution in [1.82, 2.24) is 4.31 Å². The summed E-state index contributed by atoms with van der Waals surface area (Å²) < 4.78 is 36.8. The standard InChI is InChI=1S/C10H19N3O5S/c11-10(12-14)9-7-13(3-6-18-9)19(15,16)8-1-4-17-5-2-8/h8-9,14H,1-7H2,(H2,11,12). The summed E-state index contributed by atoms with van der Waals surface area (Å²) in [6, 6.07) is 0. The molecule has 0 amide bonds. The first-order valence-corrected chi connectivity index (χ1v) is 7.71. The van der Waals surface area contributed by atoms with Crippen LogP contribution in [0.4, 0.5) is 0 Å². The maximum absolute atomic E-state index is 12.5. The molecule has 0 bridgehead atoms. The number of amidine groups is 1. The van der Waals surface area contributed by atoms with Crippen molar-refractivity contribution in [1.29, 1.82) is 0 Å². The molecular weight excluding hydrogens is 274 g/mol. The zero-order valence-corrected chi connectivity index (χ0v) is 11.4. The van der Waals surface area contributed by atoms with Gasteiger partial charge < -0.3 is 20.4 Å². The van der Waals surface area contributed by atoms with E-state index in [0.29, 0.717) is 32.6 Å². The Morgan fingerprint density at radius 2 is 2.00 bits per heavy atom. The number of ether oxygens (including phenoxy) is 2. The van der Waals surface area contributed by atoms with Crippen LogP contribution in [0, 0.1) is 0 Å². The quantitative estimate of drug-likeness (QED) is 0.297. The van der Waals surface area contributed by atoms with E-state index in [0.717, 1.165) is 0 Å². The normalized spacial score (nSPS) is 28.4. The molecule has 3 N–H and O–H groups in total. The monoisotopic (exact) mass is 293 g/mol. The average Bonchev–Trinajstić information content (AvgIpc) is 2.47. The molecule has 2 aliphatic rings. The van der Waals surface area contributed by atoms with Gasteiger partial charge in [0.15, 0.2) is 5.84 Å². The summed E-state index contributed by atoms with van der Waals surface area (Å²) >= 11 is 0. The Hall–Kier alpha value is -0.900. The third kappa shape index (κ3) is 3.16. The summed E-state index contributed by atoms with van der Waals surface area (Å²) in [7, 11) is -3.38. The number of morpholine rings is 1. The lowest BCUT2D eigenvalue weighted by molar-refractivity contribution is 0.0340. The van der Waals surface area contributed by atoms with Crippen molar-refractivity contribution in [2.45, 2.75) is 24.2 Å². The van der Waals surface area contributed by atoms with Crippen molar-refractivity contribution in [3.05, 3.63) is 0 Å². The van der Waals surface area contributed by atoms with Crippen molar-refractivity contribution in [2.75, 3.05) is 32.9 Å². The van der Waals surface area contributed by atoms with Gasteiger partial charge in [0.05, 0.1) is 11.9 Å². The van der Waals surface area contributed by atoms with Crippen LogP contribution in [0.25, 0.3) is 0 Å². The van der Waals surface area contributed by atoms with Crippen LogP contribution in [0.15, 0.2) is 5.16 Å². The molecule has 2 fully saturated rings. The van der Waals surface area contributed by atoms with Crippen molar-refractivity contribution in [3.63, 3.8) is 0 Å². The van der Waals surface area contributed by atoms with E-state index in [4.69, 9.17) is 20.4 Å². The van der Waals surface area contributed by atoms with Crippen molar-refractivity contribution in [2.24, 2.45) is 10.9 Å². The highest BCUT2D eigenvalue weighted by molar-refractivity contribution is 7.89. The molecule has 0 aromatic heterocycles. The maximum Gasteiger partial charge on any atom is 0.217 e. The highest BCUT2D eigenvalue weighted by Crippen LogP contribution is 2.21. The fourth-order valence-corrected chi connectivity index (χ4v) is 4.17. The molecule has 0 aliphatic carbocycles. The lowest BCUT2D eigenvalue weighted by Crippen LogP contribution is -2.53. The van der Waals surface area contributed by atoms with E-state index in [1.807, 2.05) is 0 Å². The van der Waals surface area contributed by atoms with Gasteiger partial charge in [-0.1, -0.05) is 5.16 Å². The van der Waals surface area contributed by atoms with Gasteiger partial charge in [-0.05, 0) is 12.8 Å².